The third-order valence-corrected chi connectivity index (χ3v) is 8.46. The minimum atomic E-state index is -3.94. The first-order chi connectivity index (χ1) is 21.5. The highest BCUT2D eigenvalue weighted by atomic mass is 35.5. The second-order valence-corrected chi connectivity index (χ2v) is 13.0. The zero-order chi connectivity index (χ0) is 32.4. The summed E-state index contributed by atoms with van der Waals surface area (Å²) in [6.07, 6.45) is 0.289. The van der Waals surface area contributed by atoms with Crippen LogP contribution in [-0.2, 0) is 32.6 Å². The lowest BCUT2D eigenvalue weighted by Gasteiger charge is -2.31. The monoisotopic (exact) mass is 651 g/mol. The van der Waals surface area contributed by atoms with E-state index < -0.39 is 34.4 Å². The highest BCUT2D eigenvalue weighted by Gasteiger charge is 2.31. The number of carbonyl (C=O) groups is 2. The van der Waals surface area contributed by atoms with E-state index in [1.54, 1.807) is 24.3 Å². The highest BCUT2D eigenvalue weighted by molar-refractivity contribution is 7.92. The van der Waals surface area contributed by atoms with E-state index in [2.05, 4.69) is 10.0 Å². The zero-order valence-electron chi connectivity index (χ0n) is 25.0. The van der Waals surface area contributed by atoms with Crippen LogP contribution in [0.2, 0.25) is 5.02 Å². The van der Waals surface area contributed by atoms with Crippen LogP contribution in [0.5, 0.6) is 5.75 Å². The molecule has 45 heavy (non-hydrogen) atoms. The molecule has 0 aromatic heterocycles. The Kier molecular flexibility index (Phi) is 11.6. The molecule has 0 saturated carbocycles. The Balaban J connectivity index is 1.53. The number of benzene rings is 4. The first-order valence-corrected chi connectivity index (χ1v) is 16.2. The van der Waals surface area contributed by atoms with Gasteiger partial charge in [0.15, 0.2) is 6.61 Å². The van der Waals surface area contributed by atoms with Crippen molar-refractivity contribution < 1.29 is 27.1 Å². The highest BCUT2D eigenvalue weighted by Crippen LogP contribution is 2.21. The zero-order valence-corrected chi connectivity index (χ0v) is 26.5. The lowest BCUT2D eigenvalue weighted by molar-refractivity contribution is -0.142. The van der Waals surface area contributed by atoms with Crippen molar-refractivity contribution in [3.05, 3.63) is 125 Å². The SMILES string of the molecule is CC(C)CNC(=O)C(Cc1ccccc1)N(Cc1ccc(Cl)cc1)C(=O)COc1ccc(S(=O)(=O)Nc2ccc(F)cc2)cc1. The number of anilines is 1. The van der Waals surface area contributed by atoms with E-state index in [9.17, 15) is 22.4 Å². The van der Waals surface area contributed by atoms with Gasteiger partial charge in [-0.2, -0.15) is 0 Å². The fourth-order valence-corrected chi connectivity index (χ4v) is 5.62. The molecule has 1 atom stereocenters. The minimum absolute atomic E-state index is 0.0420. The number of hydrogen-bond acceptors (Lipinski definition) is 5. The van der Waals surface area contributed by atoms with Crippen LogP contribution in [0.3, 0.4) is 0 Å². The Morgan fingerprint density at radius 3 is 2.13 bits per heavy atom. The Bertz CT molecular complexity index is 1670. The normalized spacial score (nSPS) is 11.9. The Morgan fingerprint density at radius 1 is 0.867 bits per heavy atom. The lowest BCUT2D eigenvalue weighted by atomic mass is 10.0. The number of halogens is 2. The number of rotatable bonds is 14. The molecule has 11 heteroatoms. The Hall–Kier alpha value is -4.41. The van der Waals surface area contributed by atoms with Crippen LogP contribution in [-0.4, -0.2) is 44.3 Å². The molecule has 0 aliphatic carbocycles. The van der Waals surface area contributed by atoms with Crippen molar-refractivity contribution in [2.75, 3.05) is 17.9 Å². The average molecular weight is 652 g/mol. The molecule has 0 aliphatic heterocycles. The van der Waals surface area contributed by atoms with Gasteiger partial charge in [0.25, 0.3) is 15.9 Å². The van der Waals surface area contributed by atoms with Gasteiger partial charge in [-0.15, -0.1) is 0 Å². The van der Waals surface area contributed by atoms with Gasteiger partial charge in [0.05, 0.1) is 4.90 Å². The van der Waals surface area contributed by atoms with Gasteiger partial charge < -0.3 is 15.0 Å². The van der Waals surface area contributed by atoms with Crippen molar-refractivity contribution in [1.82, 2.24) is 10.2 Å². The molecular weight excluding hydrogens is 617 g/mol. The number of sulfonamides is 1. The topological polar surface area (TPSA) is 105 Å². The van der Waals surface area contributed by atoms with Gasteiger partial charge in [-0.25, -0.2) is 12.8 Å². The molecule has 4 rings (SSSR count). The van der Waals surface area contributed by atoms with Gasteiger partial charge in [-0.05, 0) is 77.7 Å². The van der Waals surface area contributed by atoms with Crippen LogP contribution in [0.25, 0.3) is 0 Å². The molecule has 0 saturated heterocycles. The summed E-state index contributed by atoms with van der Waals surface area (Å²) >= 11 is 6.08. The van der Waals surface area contributed by atoms with Crippen molar-refractivity contribution in [3.63, 3.8) is 0 Å². The lowest BCUT2D eigenvalue weighted by Crippen LogP contribution is -2.52. The minimum Gasteiger partial charge on any atom is -0.484 e. The predicted molar refractivity (Wildman–Crippen MR) is 173 cm³/mol. The van der Waals surface area contributed by atoms with Gasteiger partial charge in [0.1, 0.15) is 17.6 Å². The maximum absolute atomic E-state index is 13.8. The van der Waals surface area contributed by atoms with Crippen LogP contribution in [0.15, 0.2) is 108 Å². The fraction of sp³-hybridized carbons (Fsp3) is 0.235. The molecule has 0 aliphatic rings. The Labute approximate surface area is 268 Å². The molecule has 236 valence electrons. The van der Waals surface area contributed by atoms with Crippen LogP contribution in [0.1, 0.15) is 25.0 Å². The predicted octanol–water partition coefficient (Wildman–Crippen LogP) is 6.07. The van der Waals surface area contributed by atoms with Crippen LogP contribution in [0, 0.1) is 11.7 Å². The van der Waals surface area contributed by atoms with Crippen LogP contribution in [0.4, 0.5) is 10.1 Å². The number of amides is 2. The summed E-state index contributed by atoms with van der Waals surface area (Å²) in [4.78, 5) is 28.8. The second kappa shape index (κ2) is 15.5. The largest absolute Gasteiger partial charge is 0.484 e. The van der Waals surface area contributed by atoms with Gasteiger partial charge in [0, 0.05) is 30.2 Å². The maximum atomic E-state index is 13.8. The molecule has 4 aromatic carbocycles. The van der Waals surface area contributed by atoms with Crippen LogP contribution >= 0.6 is 11.6 Å². The average Bonchev–Trinajstić information content (AvgIpc) is 3.03. The molecule has 0 spiro atoms. The fourth-order valence-electron chi connectivity index (χ4n) is 4.44. The van der Waals surface area contributed by atoms with Gasteiger partial charge in [-0.1, -0.05) is 67.9 Å². The first kappa shape index (κ1) is 33.5. The third-order valence-electron chi connectivity index (χ3n) is 6.81. The number of ether oxygens (including phenoxy) is 1. The summed E-state index contributed by atoms with van der Waals surface area (Å²) in [7, 11) is -3.94. The molecular formula is C34H35ClFN3O5S. The van der Waals surface area contributed by atoms with Crippen molar-refractivity contribution >= 4 is 39.1 Å². The molecule has 2 N–H and O–H groups in total. The number of nitrogens with zero attached hydrogens (tertiary/aromatic N) is 1. The van der Waals surface area contributed by atoms with E-state index in [0.29, 0.717) is 11.6 Å². The molecule has 0 bridgehead atoms. The van der Waals surface area contributed by atoms with Gasteiger partial charge >= 0.3 is 0 Å². The molecule has 1 unspecified atom stereocenters. The number of hydrogen-bond donors (Lipinski definition) is 2. The maximum Gasteiger partial charge on any atom is 0.261 e. The smallest absolute Gasteiger partial charge is 0.261 e. The summed E-state index contributed by atoms with van der Waals surface area (Å²) in [5.74, 6) is -0.714. The van der Waals surface area contributed by atoms with E-state index in [1.165, 1.54) is 41.3 Å². The molecule has 0 heterocycles. The van der Waals surface area contributed by atoms with E-state index in [4.69, 9.17) is 16.3 Å². The summed E-state index contributed by atoms with van der Waals surface area (Å²) < 4.78 is 46.9. The summed E-state index contributed by atoms with van der Waals surface area (Å²) in [5, 5.41) is 3.52. The Morgan fingerprint density at radius 2 is 1.51 bits per heavy atom. The molecule has 0 radical (unpaired) electrons. The quantitative estimate of drug-likeness (QED) is 0.172. The number of carbonyl (C=O) groups excluding carboxylic acids is 2. The summed E-state index contributed by atoms with van der Waals surface area (Å²) in [5.41, 5.74) is 1.89. The van der Waals surface area contributed by atoms with Crippen LogP contribution < -0.4 is 14.8 Å². The molecule has 8 nitrogen and oxygen atoms in total. The van der Waals surface area contributed by atoms with Crippen molar-refractivity contribution in [2.45, 2.75) is 37.8 Å². The molecule has 0 fully saturated rings. The van der Waals surface area contributed by atoms with Gasteiger partial charge in [0.2, 0.25) is 5.91 Å². The van der Waals surface area contributed by atoms with E-state index >= 15 is 0 Å². The van der Waals surface area contributed by atoms with E-state index in [-0.39, 0.29) is 41.1 Å². The summed E-state index contributed by atoms with van der Waals surface area (Å²) in [6, 6.07) is 26.2. The molecule has 2 amide bonds. The third kappa shape index (κ3) is 10.1. The van der Waals surface area contributed by atoms with Crippen molar-refractivity contribution in [1.29, 1.82) is 0 Å². The van der Waals surface area contributed by atoms with E-state index in [1.807, 2.05) is 44.2 Å². The second-order valence-electron chi connectivity index (χ2n) is 10.9. The van der Waals surface area contributed by atoms with Crippen molar-refractivity contribution in [3.8, 4) is 5.75 Å². The van der Waals surface area contributed by atoms with Crippen molar-refractivity contribution in [2.24, 2.45) is 5.92 Å². The summed E-state index contributed by atoms with van der Waals surface area (Å²) in [6.45, 7) is 4.18. The first-order valence-electron chi connectivity index (χ1n) is 14.4. The standard InChI is InChI=1S/C34H35ClFN3O5S/c1-24(2)21-37-34(41)32(20-25-6-4-3-5-7-25)39(22-26-8-10-27(35)11-9-26)33(40)23-44-30-16-18-31(19-17-30)45(42,43)38-29-14-12-28(36)13-15-29/h3-19,24,32,38H,20-23H2,1-2H3,(H,37,41). The van der Waals surface area contributed by atoms with Gasteiger partial charge in [-0.3, -0.25) is 14.3 Å². The molecule has 4 aromatic rings. The number of nitrogens with one attached hydrogen (secondary N) is 2. The van der Waals surface area contributed by atoms with E-state index in [0.717, 1.165) is 23.3 Å².